The van der Waals surface area contributed by atoms with Crippen LogP contribution in [0.25, 0.3) is 27.1 Å². The molecule has 0 spiro atoms. The lowest BCUT2D eigenvalue weighted by Gasteiger charge is -2.19. The Morgan fingerprint density at radius 1 is 1.32 bits per heavy atom. The van der Waals surface area contributed by atoms with Gasteiger partial charge in [0.15, 0.2) is 0 Å². The van der Waals surface area contributed by atoms with Gasteiger partial charge in [-0.1, -0.05) is 12.2 Å². The van der Waals surface area contributed by atoms with Crippen LogP contribution in [0.5, 0.6) is 5.75 Å². The number of nitrogens with one attached hydrogen (secondary N) is 1. The first-order valence-corrected chi connectivity index (χ1v) is 9.73. The molecule has 1 fully saturated rings. The van der Waals surface area contributed by atoms with Crippen LogP contribution in [-0.4, -0.2) is 59.7 Å². The molecule has 2 N–H and O–H groups in total. The van der Waals surface area contributed by atoms with Crippen molar-refractivity contribution in [2.24, 2.45) is 0 Å². The maximum atomic E-state index is 12.2. The zero-order chi connectivity index (χ0) is 18.3. The van der Waals surface area contributed by atoms with Gasteiger partial charge in [-0.05, 0) is 44.1 Å². The number of thiophene rings is 1. The average Bonchev–Trinajstić information content (AvgIpc) is 3.27. The summed E-state index contributed by atoms with van der Waals surface area (Å²) in [6, 6.07) is 5.98. The fraction of sp³-hybridized carbons (Fsp3) is 0.350. The molecule has 0 saturated carbocycles. The number of halogens is 2. The number of phenolic OH excluding ortho intramolecular Hbond substituents is 1. The summed E-state index contributed by atoms with van der Waals surface area (Å²) in [5.74, 6) is 0.237. The molecular formula is C20H25Cl2N3O2S. The van der Waals surface area contributed by atoms with E-state index in [1.807, 2.05) is 17.5 Å². The zero-order valence-electron chi connectivity index (χ0n) is 15.8. The van der Waals surface area contributed by atoms with E-state index in [2.05, 4.69) is 35.0 Å². The minimum atomic E-state index is -0.0742. The van der Waals surface area contributed by atoms with Gasteiger partial charge >= 0.3 is 0 Å². The summed E-state index contributed by atoms with van der Waals surface area (Å²) < 4.78 is 0.700. The third-order valence-electron chi connectivity index (χ3n) is 5.24. The number of fused-ring (bicyclic) bond motifs is 3. The lowest BCUT2D eigenvalue weighted by atomic mass is 10.0. The van der Waals surface area contributed by atoms with Crippen molar-refractivity contribution in [3.63, 3.8) is 0 Å². The Morgan fingerprint density at radius 2 is 2.11 bits per heavy atom. The molecule has 0 bridgehead atoms. The minimum absolute atomic E-state index is 0. The predicted molar refractivity (Wildman–Crippen MR) is 124 cm³/mol. The summed E-state index contributed by atoms with van der Waals surface area (Å²) in [5, 5.41) is 14.1. The first kappa shape index (κ1) is 22.7. The highest BCUT2D eigenvalue weighted by Crippen LogP contribution is 2.33. The fourth-order valence-corrected chi connectivity index (χ4v) is 4.55. The van der Waals surface area contributed by atoms with E-state index >= 15 is 0 Å². The standard InChI is InChI=1S/C20H23N3O2S.2ClH/c1-22(2)13-7-10-23(12-13)9-3-4-14-17(24)6-5-16-18(14)15-8-11-26-19(15)20(25)21-16;;/h3-6,8,11,13,24H,7,9-10,12H2,1-2H3,(H,21,25);2*1H. The van der Waals surface area contributed by atoms with Crippen LogP contribution in [0.4, 0.5) is 0 Å². The second-order valence-corrected chi connectivity index (χ2v) is 8.02. The summed E-state index contributed by atoms with van der Waals surface area (Å²) in [6.07, 6.45) is 5.28. The molecule has 1 aliphatic heterocycles. The minimum Gasteiger partial charge on any atom is -0.507 e. The van der Waals surface area contributed by atoms with E-state index in [-0.39, 0.29) is 36.1 Å². The predicted octanol–water partition coefficient (Wildman–Crippen LogP) is 3.94. The maximum absolute atomic E-state index is 12.2. The molecule has 5 nitrogen and oxygen atoms in total. The van der Waals surface area contributed by atoms with Gasteiger partial charge in [0, 0.05) is 47.5 Å². The average molecular weight is 442 g/mol. The van der Waals surface area contributed by atoms with Gasteiger partial charge in [0.1, 0.15) is 10.4 Å². The van der Waals surface area contributed by atoms with E-state index in [1.54, 1.807) is 12.1 Å². The Labute approximate surface area is 180 Å². The third kappa shape index (κ3) is 4.21. The van der Waals surface area contributed by atoms with Gasteiger partial charge in [0.25, 0.3) is 5.56 Å². The van der Waals surface area contributed by atoms with Crippen LogP contribution in [0.2, 0.25) is 0 Å². The van der Waals surface area contributed by atoms with Crippen molar-refractivity contribution < 1.29 is 5.11 Å². The number of benzene rings is 1. The van der Waals surface area contributed by atoms with Gasteiger partial charge in [-0.15, -0.1) is 36.2 Å². The highest BCUT2D eigenvalue weighted by molar-refractivity contribution is 7.17. The smallest absolute Gasteiger partial charge is 0.266 e. The van der Waals surface area contributed by atoms with Crippen LogP contribution >= 0.6 is 36.2 Å². The largest absolute Gasteiger partial charge is 0.507 e. The molecule has 1 saturated heterocycles. The van der Waals surface area contributed by atoms with E-state index in [9.17, 15) is 9.90 Å². The first-order valence-electron chi connectivity index (χ1n) is 8.85. The second-order valence-electron chi connectivity index (χ2n) is 7.11. The number of rotatable bonds is 4. The first-order chi connectivity index (χ1) is 12.5. The van der Waals surface area contributed by atoms with E-state index in [0.29, 0.717) is 10.7 Å². The summed E-state index contributed by atoms with van der Waals surface area (Å²) in [7, 11) is 4.26. The van der Waals surface area contributed by atoms with E-state index < -0.39 is 0 Å². The van der Waals surface area contributed by atoms with Crippen LogP contribution in [0.15, 0.2) is 34.4 Å². The molecule has 152 valence electrons. The molecule has 28 heavy (non-hydrogen) atoms. The normalized spacial score (nSPS) is 17.5. The number of hydrogen-bond acceptors (Lipinski definition) is 5. The van der Waals surface area contributed by atoms with Crippen molar-refractivity contribution >= 4 is 63.2 Å². The van der Waals surface area contributed by atoms with Crippen molar-refractivity contribution in [3.05, 3.63) is 45.6 Å². The number of nitrogens with zero attached hydrogens (tertiary/aromatic N) is 2. The van der Waals surface area contributed by atoms with Crippen molar-refractivity contribution in [2.45, 2.75) is 12.5 Å². The van der Waals surface area contributed by atoms with Gasteiger partial charge in [0.2, 0.25) is 0 Å². The summed E-state index contributed by atoms with van der Waals surface area (Å²) in [4.78, 5) is 19.8. The number of phenols is 1. The maximum Gasteiger partial charge on any atom is 0.266 e. The van der Waals surface area contributed by atoms with Crippen molar-refractivity contribution in [1.82, 2.24) is 14.8 Å². The van der Waals surface area contributed by atoms with Crippen LogP contribution in [0, 0.1) is 0 Å². The third-order valence-corrected chi connectivity index (χ3v) is 6.15. The number of likely N-dealkylation sites (tertiary alicyclic amines) is 1. The molecule has 0 amide bonds. The summed E-state index contributed by atoms with van der Waals surface area (Å²) in [5.41, 5.74) is 1.45. The molecule has 0 radical (unpaired) electrons. The summed E-state index contributed by atoms with van der Waals surface area (Å²) >= 11 is 1.43. The monoisotopic (exact) mass is 441 g/mol. The molecule has 1 aromatic carbocycles. The number of aromatic hydroxyl groups is 1. The van der Waals surface area contributed by atoms with E-state index in [4.69, 9.17) is 0 Å². The van der Waals surface area contributed by atoms with Crippen molar-refractivity contribution in [1.29, 1.82) is 0 Å². The lowest BCUT2D eigenvalue weighted by Crippen LogP contribution is -2.31. The number of aromatic amines is 1. The van der Waals surface area contributed by atoms with Crippen molar-refractivity contribution in [3.8, 4) is 5.75 Å². The number of hydrogen-bond donors (Lipinski definition) is 2. The molecule has 3 aromatic rings. The Hall–Kier alpha value is -1.57. The molecule has 0 aliphatic carbocycles. The number of pyridine rings is 1. The Kier molecular flexibility index (Phi) is 7.53. The number of H-pyrrole nitrogens is 1. The van der Waals surface area contributed by atoms with E-state index in [1.165, 1.54) is 17.8 Å². The molecule has 1 atom stereocenters. The molecule has 4 rings (SSSR count). The second kappa shape index (κ2) is 9.29. The molecule has 8 heteroatoms. The highest BCUT2D eigenvalue weighted by atomic mass is 35.5. The van der Waals surface area contributed by atoms with Crippen LogP contribution in [0.3, 0.4) is 0 Å². The topological polar surface area (TPSA) is 59.6 Å². The van der Waals surface area contributed by atoms with Gasteiger partial charge in [-0.2, -0.15) is 0 Å². The van der Waals surface area contributed by atoms with Gasteiger partial charge in [-0.25, -0.2) is 0 Å². The quantitative estimate of drug-likeness (QED) is 0.643. The highest BCUT2D eigenvalue weighted by Gasteiger charge is 2.22. The van der Waals surface area contributed by atoms with Crippen LogP contribution in [-0.2, 0) is 0 Å². The van der Waals surface area contributed by atoms with Gasteiger partial charge in [-0.3, -0.25) is 9.69 Å². The number of likely N-dealkylation sites (N-methyl/N-ethyl adjacent to an activating group) is 1. The molecule has 3 heterocycles. The number of aromatic nitrogens is 1. The van der Waals surface area contributed by atoms with E-state index in [0.717, 1.165) is 41.5 Å². The lowest BCUT2D eigenvalue weighted by molar-refractivity contribution is 0.280. The van der Waals surface area contributed by atoms with Crippen LogP contribution < -0.4 is 5.56 Å². The van der Waals surface area contributed by atoms with Crippen molar-refractivity contribution in [2.75, 3.05) is 33.7 Å². The van der Waals surface area contributed by atoms with Gasteiger partial charge < -0.3 is 15.0 Å². The zero-order valence-corrected chi connectivity index (χ0v) is 18.3. The Morgan fingerprint density at radius 3 is 2.82 bits per heavy atom. The Bertz CT molecular complexity index is 1050. The summed E-state index contributed by atoms with van der Waals surface area (Å²) in [6.45, 7) is 3.02. The SMILES string of the molecule is CN(C)C1CCN(CC=Cc2c(O)ccc3[nH]c(=O)c4sccc4c23)C1.Cl.Cl. The van der Waals surface area contributed by atoms with Crippen LogP contribution in [0.1, 0.15) is 12.0 Å². The molecule has 2 aromatic heterocycles. The van der Waals surface area contributed by atoms with Gasteiger partial charge in [0.05, 0.1) is 0 Å². The molecule has 1 aliphatic rings. The fourth-order valence-electron chi connectivity index (χ4n) is 3.75. The molecule has 1 unspecified atom stereocenters. The Balaban J connectivity index is 0.00000140. The molecular weight excluding hydrogens is 417 g/mol.